The molecule has 9 heteroatoms. The second kappa shape index (κ2) is 9.05. The van der Waals surface area contributed by atoms with Crippen LogP contribution in [-0.4, -0.2) is 52.1 Å². The fourth-order valence-electron chi connectivity index (χ4n) is 3.64. The minimum absolute atomic E-state index is 0.140. The first kappa shape index (κ1) is 22.5. The Balaban J connectivity index is 1.83. The first-order valence-corrected chi connectivity index (χ1v) is 11.3. The Morgan fingerprint density at radius 3 is 2.72 bits per heavy atom. The number of fused-ring (bicyclic) bond motifs is 1. The molecule has 0 saturated carbocycles. The number of nitrogens with zero attached hydrogens (tertiary/aromatic N) is 3. The van der Waals surface area contributed by atoms with E-state index in [-0.39, 0.29) is 17.6 Å². The van der Waals surface area contributed by atoms with Crippen molar-refractivity contribution in [2.75, 3.05) is 20.7 Å². The van der Waals surface area contributed by atoms with E-state index >= 15 is 0 Å². The average molecular weight is 533 g/mol. The maximum absolute atomic E-state index is 12.9. The number of hydrogen-bond acceptors (Lipinski definition) is 4. The molecule has 6 nitrogen and oxygen atoms in total. The molecule has 0 bridgehead atoms. The number of aromatic nitrogens is 1. The van der Waals surface area contributed by atoms with E-state index in [1.54, 1.807) is 13.1 Å². The molecule has 0 radical (unpaired) electrons. The number of carbonyl (C=O) groups is 2. The lowest BCUT2D eigenvalue weighted by Crippen LogP contribution is -2.33. The van der Waals surface area contributed by atoms with Crippen LogP contribution in [0.1, 0.15) is 11.1 Å². The van der Waals surface area contributed by atoms with Crippen molar-refractivity contribution in [3.8, 4) is 0 Å². The van der Waals surface area contributed by atoms with E-state index in [9.17, 15) is 9.59 Å². The number of likely N-dealkylation sites (N-methyl/N-ethyl adjacent to an activating group) is 1. The first-order chi connectivity index (χ1) is 15.3. The number of halogens is 2. The molecule has 2 heterocycles. The van der Waals surface area contributed by atoms with Crippen molar-refractivity contribution in [3.63, 3.8) is 0 Å². The molecule has 3 aromatic rings. The molecule has 4 rings (SSSR count). The zero-order chi connectivity index (χ0) is 23.0. The lowest BCUT2D eigenvalue weighted by molar-refractivity contribution is -0.140. The van der Waals surface area contributed by atoms with Crippen LogP contribution in [0.4, 0.5) is 0 Å². The Bertz CT molecular complexity index is 1290. The predicted molar refractivity (Wildman–Crippen MR) is 132 cm³/mol. The van der Waals surface area contributed by atoms with Crippen LogP contribution in [0.2, 0.25) is 5.02 Å². The van der Waals surface area contributed by atoms with E-state index in [4.69, 9.17) is 28.6 Å². The van der Waals surface area contributed by atoms with Gasteiger partial charge in [0.25, 0.3) is 5.91 Å². The van der Waals surface area contributed by atoms with Gasteiger partial charge >= 0.3 is 5.97 Å². The van der Waals surface area contributed by atoms with Crippen molar-refractivity contribution in [1.82, 2.24) is 14.4 Å². The molecule has 1 aliphatic heterocycles. The lowest BCUT2D eigenvalue weighted by atomic mass is 10.1. The van der Waals surface area contributed by atoms with Crippen LogP contribution in [0.5, 0.6) is 0 Å². The summed E-state index contributed by atoms with van der Waals surface area (Å²) < 4.78 is 7.78. The molecule has 1 fully saturated rings. The number of carbonyl (C=O) groups excluding carboxylic acids is 2. The minimum Gasteiger partial charge on any atom is -0.468 e. The van der Waals surface area contributed by atoms with Gasteiger partial charge in [-0.3, -0.25) is 14.5 Å². The highest BCUT2D eigenvalue weighted by atomic mass is 79.9. The summed E-state index contributed by atoms with van der Waals surface area (Å²) in [7, 11) is 2.89. The zero-order valence-corrected chi connectivity index (χ0v) is 20.5. The summed E-state index contributed by atoms with van der Waals surface area (Å²) in [5.74, 6) is -0.758. The van der Waals surface area contributed by atoms with Gasteiger partial charge in [0.1, 0.15) is 12.2 Å². The van der Waals surface area contributed by atoms with Crippen LogP contribution in [0.15, 0.2) is 58.8 Å². The van der Waals surface area contributed by atoms with Crippen molar-refractivity contribution in [2.45, 2.75) is 6.54 Å². The van der Waals surface area contributed by atoms with Crippen LogP contribution in [0, 0.1) is 0 Å². The van der Waals surface area contributed by atoms with E-state index < -0.39 is 5.97 Å². The number of hydrogen-bond donors (Lipinski definition) is 0. The molecule has 32 heavy (non-hydrogen) atoms. The van der Waals surface area contributed by atoms with Crippen molar-refractivity contribution in [2.24, 2.45) is 0 Å². The third-order valence-corrected chi connectivity index (χ3v) is 6.67. The number of ether oxygens (including phenoxy) is 1. The quantitative estimate of drug-likeness (QED) is 0.271. The monoisotopic (exact) mass is 531 g/mol. The Morgan fingerprint density at radius 2 is 2.00 bits per heavy atom. The molecular formula is C23H19BrClN3O3S. The van der Waals surface area contributed by atoms with Crippen molar-refractivity contribution >= 4 is 73.7 Å². The predicted octanol–water partition coefficient (Wildman–Crippen LogP) is 4.68. The molecule has 1 amide bonds. The molecule has 0 unspecified atom stereocenters. The molecule has 0 atom stereocenters. The zero-order valence-electron chi connectivity index (χ0n) is 17.3. The second-order valence-electron chi connectivity index (χ2n) is 7.30. The van der Waals surface area contributed by atoms with Gasteiger partial charge in [-0.05, 0) is 48.1 Å². The highest BCUT2D eigenvalue weighted by molar-refractivity contribution is 9.10. The minimum atomic E-state index is -0.481. The number of amides is 1. The van der Waals surface area contributed by atoms with Crippen LogP contribution < -0.4 is 0 Å². The number of esters is 1. The smallest absolute Gasteiger partial charge is 0.325 e. The first-order valence-electron chi connectivity index (χ1n) is 9.70. The normalized spacial score (nSPS) is 15.3. The fourth-order valence-corrected chi connectivity index (χ4v) is 4.45. The van der Waals surface area contributed by atoms with E-state index in [1.165, 1.54) is 16.9 Å². The Kier molecular flexibility index (Phi) is 6.37. The molecule has 1 aliphatic rings. The molecule has 0 spiro atoms. The van der Waals surface area contributed by atoms with Gasteiger partial charge in [0.15, 0.2) is 5.11 Å². The Morgan fingerprint density at radius 1 is 1.25 bits per heavy atom. The van der Waals surface area contributed by atoms with Gasteiger partial charge in [-0.25, -0.2) is 0 Å². The van der Waals surface area contributed by atoms with Crippen molar-refractivity contribution in [3.05, 3.63) is 75.0 Å². The van der Waals surface area contributed by atoms with Crippen LogP contribution in [-0.2, 0) is 20.9 Å². The molecule has 1 saturated heterocycles. The molecule has 164 valence electrons. The van der Waals surface area contributed by atoms with Crippen LogP contribution >= 0.6 is 39.7 Å². The van der Waals surface area contributed by atoms with Gasteiger partial charge in [-0.15, -0.1) is 0 Å². The highest BCUT2D eigenvalue weighted by Gasteiger charge is 2.37. The molecule has 2 aromatic carbocycles. The SMILES string of the molecule is COC(=O)CN1C(=S)N(C)C(=O)/C1=C/c1cn(Cc2ccccc2Cl)c2ccc(Br)cc12. The highest BCUT2D eigenvalue weighted by Crippen LogP contribution is 2.31. The standard InChI is InChI=1S/C23H19BrClN3O3S/c1-26-22(30)20(28(23(26)32)13-21(29)31-2)9-15-12-27(11-14-5-3-4-6-18(14)25)19-8-7-16(24)10-17(15)19/h3-10,12H,11,13H2,1-2H3/b20-9-. The van der Waals surface area contributed by atoms with Gasteiger partial charge < -0.3 is 14.2 Å². The largest absolute Gasteiger partial charge is 0.468 e. The average Bonchev–Trinajstić information content (AvgIpc) is 3.20. The summed E-state index contributed by atoms with van der Waals surface area (Å²) >= 11 is 15.3. The summed E-state index contributed by atoms with van der Waals surface area (Å²) in [6.07, 6.45) is 3.73. The van der Waals surface area contributed by atoms with E-state index in [0.717, 1.165) is 26.5 Å². The summed E-state index contributed by atoms with van der Waals surface area (Å²) in [5.41, 5.74) is 3.11. The third-order valence-electron chi connectivity index (χ3n) is 5.31. The lowest BCUT2D eigenvalue weighted by Gasteiger charge is -2.16. The molecule has 0 aliphatic carbocycles. The topological polar surface area (TPSA) is 54.8 Å². The van der Waals surface area contributed by atoms with Gasteiger partial charge in [0, 0.05) is 45.8 Å². The number of benzene rings is 2. The Hall–Kier alpha value is -2.68. The van der Waals surface area contributed by atoms with Gasteiger partial charge in [0.2, 0.25) is 0 Å². The summed E-state index contributed by atoms with van der Waals surface area (Å²) in [4.78, 5) is 27.7. The summed E-state index contributed by atoms with van der Waals surface area (Å²) in [5, 5.41) is 1.89. The second-order valence-corrected chi connectivity index (χ2v) is 8.99. The maximum atomic E-state index is 12.9. The van der Waals surface area contributed by atoms with E-state index in [1.807, 2.05) is 48.7 Å². The molecule has 1 aromatic heterocycles. The Labute approximate surface area is 204 Å². The summed E-state index contributed by atoms with van der Waals surface area (Å²) in [6.45, 7) is 0.429. The van der Waals surface area contributed by atoms with Crippen LogP contribution in [0.3, 0.4) is 0 Å². The van der Waals surface area contributed by atoms with E-state index in [2.05, 4.69) is 20.5 Å². The maximum Gasteiger partial charge on any atom is 0.325 e. The fraction of sp³-hybridized carbons (Fsp3) is 0.174. The summed E-state index contributed by atoms with van der Waals surface area (Å²) in [6, 6.07) is 13.7. The number of rotatable bonds is 5. The van der Waals surface area contributed by atoms with Gasteiger partial charge in [-0.2, -0.15) is 0 Å². The van der Waals surface area contributed by atoms with Gasteiger partial charge in [-0.1, -0.05) is 45.7 Å². The number of thiocarbonyl (C=S) groups is 1. The van der Waals surface area contributed by atoms with Gasteiger partial charge in [0.05, 0.1) is 7.11 Å². The molecular weight excluding hydrogens is 514 g/mol. The van der Waals surface area contributed by atoms with Crippen LogP contribution in [0.25, 0.3) is 17.0 Å². The molecule has 0 N–H and O–H groups in total. The van der Waals surface area contributed by atoms with Crippen molar-refractivity contribution < 1.29 is 14.3 Å². The number of methoxy groups -OCH3 is 1. The van der Waals surface area contributed by atoms with E-state index in [0.29, 0.717) is 17.3 Å². The third kappa shape index (κ3) is 4.18. The van der Waals surface area contributed by atoms with Crippen molar-refractivity contribution in [1.29, 1.82) is 0 Å².